The number of nitriles is 1. The van der Waals surface area contributed by atoms with E-state index >= 15 is 0 Å². The second kappa shape index (κ2) is 24.6. The number of pyridine rings is 2. The molecule has 12 N–H and O–H groups in total. The number of nitrogens with two attached hydrogens (primary N) is 3. The summed E-state index contributed by atoms with van der Waals surface area (Å²) in [5.41, 5.74) is 24.9. The molecule has 17 nitrogen and oxygen atoms in total. The van der Waals surface area contributed by atoms with Crippen LogP contribution in [0.1, 0.15) is 38.4 Å². The lowest BCUT2D eigenvalue weighted by Gasteiger charge is -2.19. The Morgan fingerprint density at radius 2 is 0.986 bits per heavy atom. The topological polar surface area (TPSA) is 293 Å². The van der Waals surface area contributed by atoms with Crippen molar-refractivity contribution < 1.29 is 33.7 Å². The molecule has 8 rings (SSSR count). The quantitative estimate of drug-likeness (QED) is 0.0304. The van der Waals surface area contributed by atoms with Crippen LogP contribution < -0.4 is 38.5 Å². The van der Waals surface area contributed by atoms with E-state index in [1.165, 1.54) is 35.2 Å². The van der Waals surface area contributed by atoms with E-state index in [1.54, 1.807) is 30.9 Å². The standard InChI is InChI=1S/C25H23FN6O2S.C25H21FN6OS.H2O2/c1-14-10-23(35-32-14)31-20-13-21(19(26)12-18(20)24(27)33)30-22(25(28)34)11-15-2-4-16(5-3-15)17-6-8-29-9-7-17;1-15-10-24(34-32-15)31-21-13-22(20(26)12-19(21)14-27)30-23(25(28)33)11-16-2-4-17(5-3-16)18-6-8-29-9-7-18;1-2/h2-10,12-13,22,30-31H,11H2,1H3,(H2,27,33)(H2,28,34);2-10,12-13,23,30-31H,11H2,1H3,(H2,28,33);1-2H/t22-;23-;/m11./s1. The van der Waals surface area contributed by atoms with Crippen LogP contribution in [0.3, 0.4) is 0 Å². The number of nitrogens with zero attached hydrogens (tertiary/aromatic N) is 5. The molecule has 71 heavy (non-hydrogen) atoms. The third-order valence-corrected chi connectivity index (χ3v) is 12.1. The first kappa shape index (κ1) is 51.7. The van der Waals surface area contributed by atoms with Gasteiger partial charge in [-0.2, -0.15) is 14.0 Å². The summed E-state index contributed by atoms with van der Waals surface area (Å²) >= 11 is 2.42. The molecule has 0 aliphatic heterocycles. The fourth-order valence-corrected chi connectivity index (χ4v) is 8.38. The summed E-state index contributed by atoms with van der Waals surface area (Å²) in [6.45, 7) is 3.68. The zero-order valence-corrected chi connectivity index (χ0v) is 39.6. The number of hydrogen-bond donors (Lipinski definition) is 9. The summed E-state index contributed by atoms with van der Waals surface area (Å²) in [6, 6.07) is 31.8. The van der Waals surface area contributed by atoms with Crippen molar-refractivity contribution in [2.24, 2.45) is 17.2 Å². The Kier molecular flexibility index (Phi) is 17.9. The number of amides is 3. The Labute approximate surface area is 414 Å². The number of carbonyl (C=O) groups excluding carboxylic acids is 3. The molecule has 3 amide bonds. The molecule has 0 fully saturated rings. The van der Waals surface area contributed by atoms with E-state index in [2.05, 4.69) is 40.0 Å². The minimum atomic E-state index is -0.894. The number of aryl methyl sites for hydroxylation is 2. The normalized spacial score (nSPS) is 11.3. The summed E-state index contributed by atoms with van der Waals surface area (Å²) in [6.07, 6.45) is 7.38. The molecule has 0 unspecified atom stereocenters. The molecule has 4 aromatic carbocycles. The van der Waals surface area contributed by atoms with Gasteiger partial charge in [-0.15, -0.1) is 0 Å². The molecule has 0 saturated carbocycles. The maximum absolute atomic E-state index is 14.9. The molecule has 8 aromatic rings. The number of aromatic nitrogens is 4. The average Bonchev–Trinajstić information content (AvgIpc) is 4.00. The van der Waals surface area contributed by atoms with Crippen LogP contribution in [-0.4, -0.2) is 59.0 Å². The van der Waals surface area contributed by atoms with Gasteiger partial charge in [0.15, 0.2) is 0 Å². The van der Waals surface area contributed by atoms with Crippen LogP contribution in [0.15, 0.2) is 134 Å². The van der Waals surface area contributed by atoms with Crippen molar-refractivity contribution in [2.75, 3.05) is 21.3 Å². The van der Waals surface area contributed by atoms with Gasteiger partial charge in [0.2, 0.25) is 11.8 Å². The molecule has 0 bridgehead atoms. The maximum Gasteiger partial charge on any atom is 0.250 e. The SMILES string of the molecule is Cc1cc(Nc2cc(N[C@H](Cc3ccc(-c4ccncc4)cc3)C(N)=O)c(F)cc2C#N)sn1.Cc1cc(Nc2cc(N[C@H](Cc3ccc(-c4ccncc4)cc3)C(N)=O)c(F)cc2C(N)=O)sn1.OO. The van der Waals surface area contributed by atoms with Gasteiger partial charge in [0.05, 0.1) is 45.3 Å². The third kappa shape index (κ3) is 14.2. The Morgan fingerprint density at radius 1 is 0.592 bits per heavy atom. The van der Waals surface area contributed by atoms with Crippen molar-refractivity contribution in [2.45, 2.75) is 38.8 Å². The van der Waals surface area contributed by atoms with Crippen LogP contribution in [0.5, 0.6) is 0 Å². The van der Waals surface area contributed by atoms with E-state index < -0.39 is 41.4 Å². The van der Waals surface area contributed by atoms with E-state index in [0.717, 1.165) is 56.9 Å². The van der Waals surface area contributed by atoms with Crippen molar-refractivity contribution >= 4 is 73.5 Å². The summed E-state index contributed by atoms with van der Waals surface area (Å²) in [4.78, 5) is 44.3. The third-order valence-electron chi connectivity index (χ3n) is 10.5. The van der Waals surface area contributed by atoms with Gasteiger partial charge in [0.1, 0.15) is 39.8 Å². The number of nitrogens with one attached hydrogen (secondary N) is 4. The highest BCUT2D eigenvalue weighted by molar-refractivity contribution is 7.10. The van der Waals surface area contributed by atoms with Crippen LogP contribution in [0, 0.1) is 36.8 Å². The summed E-state index contributed by atoms with van der Waals surface area (Å²) < 4.78 is 38.0. The summed E-state index contributed by atoms with van der Waals surface area (Å²) in [5.74, 6) is -3.44. The predicted octanol–water partition coefficient (Wildman–Crippen LogP) is 8.80. The van der Waals surface area contributed by atoms with Gasteiger partial charge in [-0.1, -0.05) is 48.5 Å². The highest BCUT2D eigenvalue weighted by Crippen LogP contribution is 2.32. The monoisotopic (exact) mass is 996 g/mol. The summed E-state index contributed by atoms with van der Waals surface area (Å²) in [7, 11) is 0. The van der Waals surface area contributed by atoms with Gasteiger partial charge < -0.3 is 38.5 Å². The molecule has 0 aliphatic carbocycles. The van der Waals surface area contributed by atoms with Crippen LogP contribution in [0.2, 0.25) is 0 Å². The molecular weight excluding hydrogens is 951 g/mol. The number of hydrogen-bond acceptors (Lipinski definition) is 16. The summed E-state index contributed by atoms with van der Waals surface area (Å²) in [5, 5.41) is 34.7. The largest absolute Gasteiger partial charge is 0.371 e. The Hall–Kier alpha value is -8.68. The molecule has 4 aromatic heterocycles. The highest BCUT2D eigenvalue weighted by atomic mass is 32.1. The highest BCUT2D eigenvalue weighted by Gasteiger charge is 2.22. The lowest BCUT2D eigenvalue weighted by atomic mass is 10.0. The lowest BCUT2D eigenvalue weighted by molar-refractivity contribution is -0.176. The van der Waals surface area contributed by atoms with Gasteiger partial charge in [0, 0.05) is 37.6 Å². The van der Waals surface area contributed by atoms with Crippen molar-refractivity contribution in [1.29, 1.82) is 5.26 Å². The maximum atomic E-state index is 14.9. The molecule has 362 valence electrons. The number of primary amides is 3. The van der Waals surface area contributed by atoms with Crippen LogP contribution in [0.25, 0.3) is 22.3 Å². The van der Waals surface area contributed by atoms with Crippen LogP contribution >= 0.6 is 23.1 Å². The first-order valence-electron chi connectivity index (χ1n) is 21.3. The van der Waals surface area contributed by atoms with Gasteiger partial charge in [0.25, 0.3) is 5.91 Å². The number of anilines is 6. The van der Waals surface area contributed by atoms with Crippen molar-refractivity contribution in [1.82, 2.24) is 18.7 Å². The van der Waals surface area contributed by atoms with E-state index in [9.17, 15) is 28.4 Å². The lowest BCUT2D eigenvalue weighted by Crippen LogP contribution is -2.37. The van der Waals surface area contributed by atoms with E-state index in [4.69, 9.17) is 27.7 Å². The Bertz CT molecular complexity index is 3140. The van der Waals surface area contributed by atoms with Gasteiger partial charge in [-0.05, 0) is 131 Å². The first-order valence-corrected chi connectivity index (χ1v) is 22.9. The molecule has 0 aliphatic rings. The Balaban J connectivity index is 0.000000225. The number of carbonyl (C=O) groups is 3. The zero-order valence-electron chi connectivity index (χ0n) is 37.9. The van der Waals surface area contributed by atoms with Crippen LogP contribution in [0.4, 0.5) is 41.5 Å². The van der Waals surface area contributed by atoms with E-state index in [-0.39, 0.29) is 41.0 Å². The van der Waals surface area contributed by atoms with Gasteiger partial charge in [-0.25, -0.2) is 8.78 Å². The molecule has 2 atom stereocenters. The fourth-order valence-electron chi connectivity index (χ4n) is 7.03. The van der Waals surface area contributed by atoms with Gasteiger partial charge >= 0.3 is 0 Å². The minimum Gasteiger partial charge on any atom is -0.371 e. The van der Waals surface area contributed by atoms with Gasteiger partial charge in [-0.3, -0.25) is 34.9 Å². The van der Waals surface area contributed by atoms with Crippen molar-refractivity contribution in [3.8, 4) is 28.3 Å². The fraction of sp³-hybridized carbons (Fsp3) is 0.120. The van der Waals surface area contributed by atoms with E-state index in [0.29, 0.717) is 15.7 Å². The number of halogens is 2. The first-order chi connectivity index (χ1) is 34.2. The van der Waals surface area contributed by atoms with Crippen molar-refractivity contribution in [3.05, 3.63) is 179 Å². The molecule has 21 heteroatoms. The van der Waals surface area contributed by atoms with Crippen molar-refractivity contribution in [3.63, 3.8) is 0 Å². The average molecular weight is 997 g/mol. The van der Waals surface area contributed by atoms with Crippen LogP contribution in [-0.2, 0) is 22.4 Å². The predicted molar refractivity (Wildman–Crippen MR) is 272 cm³/mol. The molecular formula is C50H46F2N12O5S2. The molecule has 0 saturated heterocycles. The second-order valence-electron chi connectivity index (χ2n) is 15.6. The minimum absolute atomic E-state index is 0.0101. The molecule has 0 spiro atoms. The zero-order chi connectivity index (χ0) is 51.0. The second-order valence-corrected chi connectivity index (χ2v) is 17.2. The molecule has 0 radical (unpaired) electrons. The number of benzene rings is 4. The number of rotatable bonds is 17. The Morgan fingerprint density at radius 3 is 1.37 bits per heavy atom. The van der Waals surface area contributed by atoms with E-state index in [1.807, 2.05) is 98.8 Å². The molecule has 4 heterocycles. The smallest absolute Gasteiger partial charge is 0.250 e.